The van der Waals surface area contributed by atoms with E-state index in [0.29, 0.717) is 13.0 Å². The van der Waals surface area contributed by atoms with Gasteiger partial charge in [0.2, 0.25) is 0 Å². The lowest BCUT2D eigenvalue weighted by Gasteiger charge is -2.36. The van der Waals surface area contributed by atoms with Crippen molar-refractivity contribution in [2.45, 2.75) is 32.4 Å². The van der Waals surface area contributed by atoms with Gasteiger partial charge in [0.1, 0.15) is 6.04 Å². The summed E-state index contributed by atoms with van der Waals surface area (Å²) in [7, 11) is 1.16. The third-order valence-electron chi connectivity index (χ3n) is 5.38. The van der Waals surface area contributed by atoms with Crippen molar-refractivity contribution in [3.05, 3.63) is 46.7 Å². The van der Waals surface area contributed by atoms with E-state index in [1.165, 1.54) is 13.0 Å². The van der Waals surface area contributed by atoms with Crippen molar-refractivity contribution in [1.29, 1.82) is 0 Å². The molecular weight excluding hydrogens is 398 g/mol. The summed E-state index contributed by atoms with van der Waals surface area (Å²) in [4.78, 5) is 41.2. The van der Waals surface area contributed by atoms with E-state index in [0.717, 1.165) is 37.2 Å². The van der Waals surface area contributed by atoms with Crippen LogP contribution >= 0.6 is 0 Å². The van der Waals surface area contributed by atoms with Crippen LogP contribution < -0.4 is 10.6 Å². The van der Waals surface area contributed by atoms with Gasteiger partial charge in [0.05, 0.1) is 12.7 Å². The van der Waals surface area contributed by atoms with Gasteiger partial charge in [-0.3, -0.25) is 0 Å². The van der Waals surface area contributed by atoms with Crippen LogP contribution in [0.4, 0.5) is 18.4 Å². The monoisotopic (exact) mass is 422 g/mol. The number of esters is 1. The molecular formula is C20H24F2N4O4. The van der Waals surface area contributed by atoms with Gasteiger partial charge in [0.25, 0.3) is 0 Å². The Balaban J connectivity index is 2.00. The smallest absolute Gasteiger partial charge is 0.337 e. The highest BCUT2D eigenvalue weighted by atomic mass is 19.2. The largest absolute Gasteiger partial charge is 0.466 e. The molecule has 2 heterocycles. The highest BCUT2D eigenvalue weighted by Gasteiger charge is 2.42. The summed E-state index contributed by atoms with van der Waals surface area (Å²) in [6.07, 6.45) is 0.712. The number of carbonyl (C=O) groups is 3. The van der Waals surface area contributed by atoms with E-state index in [4.69, 9.17) is 4.74 Å². The Labute approximate surface area is 172 Å². The zero-order valence-electron chi connectivity index (χ0n) is 17.0. The Morgan fingerprint density at radius 1 is 1.30 bits per heavy atom. The van der Waals surface area contributed by atoms with Crippen LogP contribution in [0.25, 0.3) is 0 Å². The van der Waals surface area contributed by atoms with Crippen molar-refractivity contribution < 1.29 is 27.9 Å². The van der Waals surface area contributed by atoms with Crippen LogP contribution in [-0.4, -0.2) is 60.6 Å². The standard InChI is InChI=1S/C20H24F2N4O4/c1-4-25-8-7-13(10-25)24-20(29)26-17(12-5-6-14(21)15(22)9-12)16(18(27)30-3)11(2)23-19(26)28/h5-6,9,13,17H,4,7-8,10H2,1-3H3,(H,23,28)(H,24,29)/t13?,17-/m0/s1. The highest BCUT2D eigenvalue weighted by molar-refractivity contribution is 6.01. The molecule has 8 nitrogen and oxygen atoms in total. The number of hydrogen-bond acceptors (Lipinski definition) is 5. The van der Waals surface area contributed by atoms with Crippen LogP contribution in [0.1, 0.15) is 31.9 Å². The van der Waals surface area contributed by atoms with Crippen molar-refractivity contribution in [2.24, 2.45) is 0 Å². The van der Waals surface area contributed by atoms with E-state index in [9.17, 15) is 23.2 Å². The number of ether oxygens (including phenoxy) is 1. The number of methoxy groups -OCH3 is 1. The molecule has 2 aliphatic heterocycles. The summed E-state index contributed by atoms with van der Waals surface area (Å²) in [5, 5.41) is 5.28. The molecule has 1 aromatic carbocycles. The van der Waals surface area contributed by atoms with E-state index in [1.54, 1.807) is 0 Å². The van der Waals surface area contributed by atoms with Gasteiger partial charge in [-0.15, -0.1) is 0 Å². The minimum Gasteiger partial charge on any atom is -0.466 e. The number of imide groups is 1. The number of urea groups is 2. The number of rotatable bonds is 4. The second-order valence-corrected chi connectivity index (χ2v) is 7.23. The van der Waals surface area contributed by atoms with Crippen molar-refractivity contribution in [1.82, 2.24) is 20.4 Å². The summed E-state index contributed by atoms with van der Waals surface area (Å²) in [5.41, 5.74) is 0.198. The topological polar surface area (TPSA) is 91.0 Å². The van der Waals surface area contributed by atoms with E-state index >= 15 is 0 Å². The van der Waals surface area contributed by atoms with Gasteiger partial charge < -0.3 is 20.3 Å². The first-order chi connectivity index (χ1) is 14.3. The molecule has 2 N–H and O–H groups in total. The zero-order chi connectivity index (χ0) is 22.0. The molecule has 0 aromatic heterocycles. The van der Waals surface area contributed by atoms with Crippen molar-refractivity contribution in [3.8, 4) is 0 Å². The van der Waals surface area contributed by atoms with Gasteiger partial charge in [-0.1, -0.05) is 13.0 Å². The van der Waals surface area contributed by atoms with Crippen LogP contribution in [0.15, 0.2) is 29.5 Å². The molecule has 1 unspecified atom stereocenters. The Hall–Kier alpha value is -3.01. The van der Waals surface area contributed by atoms with Crippen LogP contribution in [0.5, 0.6) is 0 Å². The fourth-order valence-corrected chi connectivity index (χ4v) is 3.80. The van der Waals surface area contributed by atoms with E-state index < -0.39 is 35.7 Å². The summed E-state index contributed by atoms with van der Waals surface area (Å²) in [6, 6.07) is 0.00939. The molecule has 0 radical (unpaired) electrons. The second kappa shape index (κ2) is 8.78. The van der Waals surface area contributed by atoms with Gasteiger partial charge in [-0.05, 0) is 37.6 Å². The maximum Gasteiger partial charge on any atom is 0.337 e. The maximum absolute atomic E-state index is 13.9. The Bertz CT molecular complexity index is 905. The number of likely N-dealkylation sites (N-methyl/N-ethyl adjacent to an activating group) is 1. The first-order valence-corrected chi connectivity index (χ1v) is 9.63. The molecule has 0 bridgehead atoms. The van der Waals surface area contributed by atoms with E-state index in [1.807, 2.05) is 6.92 Å². The van der Waals surface area contributed by atoms with Gasteiger partial charge in [-0.2, -0.15) is 0 Å². The number of amides is 4. The molecule has 2 atom stereocenters. The number of halogens is 2. The van der Waals surface area contributed by atoms with Gasteiger partial charge >= 0.3 is 18.0 Å². The molecule has 2 aliphatic rings. The van der Waals surface area contributed by atoms with Crippen LogP contribution in [0, 0.1) is 11.6 Å². The maximum atomic E-state index is 13.9. The SMILES string of the molecule is CCN1CCC(NC(=O)N2C(=O)NC(C)=C(C(=O)OC)[C@@H]2c2ccc(F)c(F)c2)C1. The van der Waals surface area contributed by atoms with Crippen LogP contribution in [0.2, 0.25) is 0 Å². The molecule has 0 aliphatic carbocycles. The molecule has 162 valence electrons. The minimum absolute atomic E-state index is 0.0418. The minimum atomic E-state index is -1.27. The number of likely N-dealkylation sites (tertiary alicyclic amines) is 1. The lowest BCUT2D eigenvalue weighted by Crippen LogP contribution is -2.56. The number of allylic oxidation sites excluding steroid dienone is 1. The lowest BCUT2D eigenvalue weighted by molar-refractivity contribution is -0.136. The summed E-state index contributed by atoms with van der Waals surface area (Å²) >= 11 is 0. The molecule has 1 saturated heterocycles. The number of hydrogen-bond donors (Lipinski definition) is 2. The average molecular weight is 422 g/mol. The molecule has 0 spiro atoms. The van der Waals surface area contributed by atoms with Crippen LogP contribution in [-0.2, 0) is 9.53 Å². The molecule has 4 amide bonds. The predicted octanol–water partition coefficient (Wildman–Crippen LogP) is 2.28. The van der Waals surface area contributed by atoms with Crippen molar-refractivity contribution in [2.75, 3.05) is 26.7 Å². The number of carbonyl (C=O) groups excluding carboxylic acids is 3. The predicted molar refractivity (Wildman–Crippen MR) is 103 cm³/mol. The molecule has 0 saturated carbocycles. The Morgan fingerprint density at radius 3 is 2.63 bits per heavy atom. The summed E-state index contributed by atoms with van der Waals surface area (Å²) < 4.78 is 32.2. The van der Waals surface area contributed by atoms with Gasteiger partial charge in [0.15, 0.2) is 11.6 Å². The molecule has 30 heavy (non-hydrogen) atoms. The number of nitrogens with one attached hydrogen (secondary N) is 2. The van der Waals surface area contributed by atoms with Crippen molar-refractivity contribution in [3.63, 3.8) is 0 Å². The van der Waals surface area contributed by atoms with Gasteiger partial charge in [-0.25, -0.2) is 28.1 Å². The quantitative estimate of drug-likeness (QED) is 0.727. The average Bonchev–Trinajstić information content (AvgIpc) is 3.16. The summed E-state index contributed by atoms with van der Waals surface area (Å²) in [5.74, 6) is -3.03. The first kappa shape index (κ1) is 21.7. The fourth-order valence-electron chi connectivity index (χ4n) is 3.80. The lowest BCUT2D eigenvalue weighted by atomic mass is 9.94. The summed E-state index contributed by atoms with van der Waals surface area (Å²) in [6.45, 7) is 5.77. The third-order valence-corrected chi connectivity index (χ3v) is 5.38. The molecule has 1 aromatic rings. The van der Waals surface area contributed by atoms with Gasteiger partial charge in [0, 0.05) is 24.8 Å². The molecule has 10 heteroatoms. The highest BCUT2D eigenvalue weighted by Crippen LogP contribution is 2.35. The Kier molecular flexibility index (Phi) is 6.35. The fraction of sp³-hybridized carbons (Fsp3) is 0.450. The number of benzene rings is 1. The van der Waals surface area contributed by atoms with Crippen LogP contribution in [0.3, 0.4) is 0 Å². The number of nitrogens with zero attached hydrogens (tertiary/aromatic N) is 2. The first-order valence-electron chi connectivity index (χ1n) is 9.63. The normalized spacial score (nSPS) is 22.2. The zero-order valence-corrected chi connectivity index (χ0v) is 17.0. The molecule has 3 rings (SSSR count). The van der Waals surface area contributed by atoms with Crippen molar-refractivity contribution >= 4 is 18.0 Å². The van der Waals surface area contributed by atoms with E-state index in [-0.39, 0.29) is 22.9 Å². The third kappa shape index (κ3) is 4.13. The van der Waals surface area contributed by atoms with E-state index in [2.05, 4.69) is 15.5 Å². The Morgan fingerprint density at radius 2 is 2.03 bits per heavy atom. The second-order valence-electron chi connectivity index (χ2n) is 7.23. The molecule has 1 fully saturated rings.